The standard InChI is InChI=1S/C11H12Br2ClNO2S/c12-7-5-8(18-9(7)13)10(16)15-11(6-14)1-3-17-4-2-11/h5H,1-4,6H2,(H,15,16). The van der Waals surface area contributed by atoms with Gasteiger partial charge in [-0.2, -0.15) is 0 Å². The number of amides is 1. The largest absolute Gasteiger partial charge is 0.381 e. The molecule has 1 aliphatic heterocycles. The molecule has 0 radical (unpaired) electrons. The van der Waals surface area contributed by atoms with E-state index in [-0.39, 0.29) is 11.4 Å². The molecule has 0 aromatic carbocycles. The Balaban J connectivity index is 2.09. The molecule has 1 aliphatic rings. The van der Waals surface area contributed by atoms with Gasteiger partial charge < -0.3 is 10.1 Å². The van der Waals surface area contributed by atoms with Crippen LogP contribution in [0.5, 0.6) is 0 Å². The first-order chi connectivity index (χ1) is 8.56. The lowest BCUT2D eigenvalue weighted by molar-refractivity contribution is 0.0435. The zero-order valence-corrected chi connectivity index (χ0v) is 14.2. The van der Waals surface area contributed by atoms with Gasteiger partial charge in [0.25, 0.3) is 5.91 Å². The Labute approximate surface area is 131 Å². The van der Waals surface area contributed by atoms with Crippen LogP contribution in [0.2, 0.25) is 0 Å². The first-order valence-corrected chi connectivity index (χ1v) is 8.41. The highest BCUT2D eigenvalue weighted by Gasteiger charge is 2.34. The molecule has 100 valence electrons. The van der Waals surface area contributed by atoms with Gasteiger partial charge in [0.15, 0.2) is 0 Å². The van der Waals surface area contributed by atoms with Crippen LogP contribution in [0.1, 0.15) is 22.5 Å². The van der Waals surface area contributed by atoms with E-state index < -0.39 is 0 Å². The highest BCUT2D eigenvalue weighted by molar-refractivity contribution is 9.13. The molecule has 2 heterocycles. The molecule has 1 amide bonds. The summed E-state index contributed by atoms with van der Waals surface area (Å²) in [4.78, 5) is 12.9. The van der Waals surface area contributed by atoms with Crippen molar-refractivity contribution in [1.29, 1.82) is 0 Å². The molecule has 7 heteroatoms. The smallest absolute Gasteiger partial charge is 0.261 e. The van der Waals surface area contributed by atoms with E-state index in [0.717, 1.165) is 21.1 Å². The number of carbonyl (C=O) groups excluding carboxylic acids is 1. The maximum atomic E-state index is 12.2. The number of nitrogens with one attached hydrogen (secondary N) is 1. The number of halogens is 3. The molecule has 0 aliphatic carbocycles. The average molecular weight is 418 g/mol. The molecular formula is C11H12Br2ClNO2S. The Kier molecular flexibility index (Phi) is 5.11. The fourth-order valence-corrected chi connectivity index (χ4v) is 4.08. The monoisotopic (exact) mass is 415 g/mol. The summed E-state index contributed by atoms with van der Waals surface area (Å²) in [5.74, 6) is 0.337. The third-order valence-corrected chi connectivity index (χ3v) is 6.72. The van der Waals surface area contributed by atoms with E-state index >= 15 is 0 Å². The predicted octanol–water partition coefficient (Wildman–Crippen LogP) is 3.79. The molecule has 1 fully saturated rings. The van der Waals surface area contributed by atoms with Gasteiger partial charge >= 0.3 is 0 Å². The highest BCUT2D eigenvalue weighted by Crippen LogP contribution is 2.33. The van der Waals surface area contributed by atoms with E-state index in [2.05, 4.69) is 37.2 Å². The van der Waals surface area contributed by atoms with E-state index in [1.54, 1.807) is 0 Å². The number of ether oxygens (including phenoxy) is 1. The highest BCUT2D eigenvalue weighted by atomic mass is 79.9. The van der Waals surface area contributed by atoms with Gasteiger partial charge in [-0.3, -0.25) is 4.79 Å². The van der Waals surface area contributed by atoms with E-state index in [4.69, 9.17) is 16.3 Å². The molecule has 18 heavy (non-hydrogen) atoms. The molecule has 1 N–H and O–H groups in total. The van der Waals surface area contributed by atoms with Gasteiger partial charge in [-0.25, -0.2) is 0 Å². The van der Waals surface area contributed by atoms with Gasteiger partial charge in [0.2, 0.25) is 0 Å². The lowest BCUT2D eigenvalue weighted by atomic mass is 9.92. The Hall–Kier alpha value is 0.380. The van der Waals surface area contributed by atoms with Crippen LogP contribution < -0.4 is 5.32 Å². The quantitative estimate of drug-likeness (QED) is 0.760. The average Bonchev–Trinajstić information content (AvgIpc) is 2.71. The molecule has 0 spiro atoms. The van der Waals surface area contributed by atoms with Crippen molar-refractivity contribution in [2.45, 2.75) is 18.4 Å². The molecule has 0 bridgehead atoms. The van der Waals surface area contributed by atoms with Crippen LogP contribution >= 0.6 is 54.8 Å². The van der Waals surface area contributed by atoms with Crippen LogP contribution in [0.15, 0.2) is 14.3 Å². The second-order valence-electron chi connectivity index (χ2n) is 4.21. The van der Waals surface area contributed by atoms with Gasteiger partial charge in [0.1, 0.15) is 0 Å². The third-order valence-electron chi connectivity index (χ3n) is 2.95. The maximum absolute atomic E-state index is 12.2. The predicted molar refractivity (Wildman–Crippen MR) is 80.7 cm³/mol. The summed E-state index contributed by atoms with van der Waals surface area (Å²) in [6.07, 6.45) is 1.52. The Morgan fingerprint density at radius 1 is 1.50 bits per heavy atom. The molecule has 0 atom stereocenters. The topological polar surface area (TPSA) is 38.3 Å². The van der Waals surface area contributed by atoms with Gasteiger partial charge in [0.05, 0.1) is 14.2 Å². The number of hydrogen-bond acceptors (Lipinski definition) is 3. The number of rotatable bonds is 3. The van der Waals surface area contributed by atoms with Crippen LogP contribution in [-0.4, -0.2) is 30.5 Å². The fraction of sp³-hybridized carbons (Fsp3) is 0.545. The number of hydrogen-bond donors (Lipinski definition) is 1. The van der Waals surface area contributed by atoms with E-state index in [1.165, 1.54) is 11.3 Å². The normalized spacial score (nSPS) is 18.6. The van der Waals surface area contributed by atoms with Crippen molar-refractivity contribution in [3.63, 3.8) is 0 Å². The molecule has 1 saturated heterocycles. The van der Waals surface area contributed by atoms with Crippen molar-refractivity contribution >= 4 is 60.7 Å². The van der Waals surface area contributed by atoms with E-state index in [9.17, 15) is 4.79 Å². The third kappa shape index (κ3) is 3.28. The van der Waals surface area contributed by atoms with Crippen LogP contribution in [0.4, 0.5) is 0 Å². The van der Waals surface area contributed by atoms with Crippen molar-refractivity contribution in [3.05, 3.63) is 19.2 Å². The second-order valence-corrected chi connectivity index (χ2v) is 7.70. The lowest BCUT2D eigenvalue weighted by Crippen LogP contribution is -2.53. The van der Waals surface area contributed by atoms with Gasteiger partial charge in [-0.05, 0) is 50.8 Å². The van der Waals surface area contributed by atoms with Crippen LogP contribution in [-0.2, 0) is 4.74 Å². The van der Waals surface area contributed by atoms with Crippen LogP contribution in [0, 0.1) is 0 Å². The molecule has 1 aromatic rings. The van der Waals surface area contributed by atoms with Crippen molar-refractivity contribution < 1.29 is 9.53 Å². The SMILES string of the molecule is O=C(NC1(CCl)CCOCC1)c1cc(Br)c(Br)s1. The number of carbonyl (C=O) groups is 1. The minimum Gasteiger partial charge on any atom is -0.381 e. The summed E-state index contributed by atoms with van der Waals surface area (Å²) in [5.41, 5.74) is -0.334. The summed E-state index contributed by atoms with van der Waals surface area (Å²) in [5, 5.41) is 3.06. The van der Waals surface area contributed by atoms with E-state index in [0.29, 0.717) is 24.0 Å². The summed E-state index contributed by atoms with van der Waals surface area (Å²) in [6.45, 7) is 1.29. The molecular weight excluding hydrogens is 405 g/mol. The van der Waals surface area contributed by atoms with Gasteiger partial charge in [-0.15, -0.1) is 22.9 Å². The van der Waals surface area contributed by atoms with Crippen LogP contribution in [0.25, 0.3) is 0 Å². The van der Waals surface area contributed by atoms with Crippen molar-refractivity contribution in [2.75, 3.05) is 19.1 Å². The van der Waals surface area contributed by atoms with Crippen LogP contribution in [0.3, 0.4) is 0 Å². The van der Waals surface area contributed by atoms with Gasteiger partial charge in [-0.1, -0.05) is 0 Å². The fourth-order valence-electron chi connectivity index (χ4n) is 1.82. The van der Waals surface area contributed by atoms with Crippen molar-refractivity contribution in [2.24, 2.45) is 0 Å². The van der Waals surface area contributed by atoms with Gasteiger partial charge in [0, 0.05) is 23.6 Å². The molecule has 2 rings (SSSR count). The Morgan fingerprint density at radius 3 is 2.67 bits per heavy atom. The summed E-state index contributed by atoms with van der Waals surface area (Å²) in [7, 11) is 0. The number of thiophene rings is 1. The summed E-state index contributed by atoms with van der Waals surface area (Å²) < 4.78 is 7.12. The first kappa shape index (κ1) is 14.8. The maximum Gasteiger partial charge on any atom is 0.261 e. The molecule has 0 saturated carbocycles. The zero-order valence-electron chi connectivity index (χ0n) is 9.47. The second kappa shape index (κ2) is 6.22. The first-order valence-electron chi connectivity index (χ1n) is 5.47. The summed E-state index contributed by atoms with van der Waals surface area (Å²) in [6, 6.07) is 1.81. The van der Waals surface area contributed by atoms with E-state index in [1.807, 2.05) is 6.07 Å². The Morgan fingerprint density at radius 2 is 2.17 bits per heavy atom. The van der Waals surface area contributed by atoms with Crippen molar-refractivity contribution in [3.8, 4) is 0 Å². The molecule has 1 aromatic heterocycles. The lowest BCUT2D eigenvalue weighted by Gasteiger charge is -2.36. The molecule has 0 unspecified atom stereocenters. The minimum atomic E-state index is -0.334. The molecule has 3 nitrogen and oxygen atoms in total. The Bertz CT molecular complexity index is 427. The number of alkyl halides is 1. The van der Waals surface area contributed by atoms with Crippen molar-refractivity contribution in [1.82, 2.24) is 5.32 Å². The minimum absolute atomic E-state index is 0.0750. The zero-order chi connectivity index (χ0) is 13.2. The summed E-state index contributed by atoms with van der Waals surface area (Å²) >= 11 is 14.2.